The zero-order valence-electron chi connectivity index (χ0n) is 25.6. The van der Waals surface area contributed by atoms with Crippen molar-refractivity contribution in [3.8, 4) is 11.1 Å². The molecule has 1 fully saturated rings. The number of aromatic nitrogens is 2. The van der Waals surface area contributed by atoms with Crippen LogP contribution in [0.1, 0.15) is 88.1 Å². The number of hydrogen-bond acceptors (Lipinski definition) is 3. The summed E-state index contributed by atoms with van der Waals surface area (Å²) in [5, 5.41) is 1.14. The SMILES string of the molecule is CCCc1ccc(-c2ccc(CCCCC3CCC(CCCc4nc(N(C)C)c5ccccc5n4)CC3)cc2)cc1. The number of fused-ring (bicyclic) bond motifs is 1. The Morgan fingerprint density at radius 3 is 1.83 bits per heavy atom. The van der Waals surface area contributed by atoms with E-state index in [0.29, 0.717) is 0 Å². The van der Waals surface area contributed by atoms with Crippen LogP contribution >= 0.6 is 0 Å². The highest BCUT2D eigenvalue weighted by atomic mass is 15.1. The summed E-state index contributed by atoms with van der Waals surface area (Å²) in [5.41, 5.74) is 6.64. The van der Waals surface area contributed by atoms with Crippen LogP contribution in [0.2, 0.25) is 0 Å². The van der Waals surface area contributed by atoms with Crippen LogP contribution in [-0.4, -0.2) is 24.1 Å². The normalized spacial score (nSPS) is 17.1. The molecule has 3 nitrogen and oxygen atoms in total. The number of rotatable bonds is 13. The molecule has 41 heavy (non-hydrogen) atoms. The molecular weight excluding hydrogens is 498 g/mol. The molecule has 1 saturated carbocycles. The van der Waals surface area contributed by atoms with E-state index in [9.17, 15) is 0 Å². The van der Waals surface area contributed by atoms with Crippen LogP contribution in [0.4, 0.5) is 5.82 Å². The summed E-state index contributed by atoms with van der Waals surface area (Å²) in [6.45, 7) is 2.24. The van der Waals surface area contributed by atoms with Gasteiger partial charge in [0.05, 0.1) is 5.52 Å². The molecule has 0 atom stereocenters. The maximum Gasteiger partial charge on any atom is 0.139 e. The first-order valence-corrected chi connectivity index (χ1v) is 16.2. The largest absolute Gasteiger partial charge is 0.362 e. The van der Waals surface area contributed by atoms with Crippen molar-refractivity contribution in [3.05, 3.63) is 89.7 Å². The van der Waals surface area contributed by atoms with E-state index in [1.165, 1.54) is 99.3 Å². The Morgan fingerprint density at radius 1 is 0.634 bits per heavy atom. The molecule has 1 aliphatic rings. The third kappa shape index (κ3) is 8.18. The third-order valence-corrected chi connectivity index (χ3v) is 9.14. The predicted molar refractivity (Wildman–Crippen MR) is 176 cm³/mol. The minimum Gasteiger partial charge on any atom is -0.362 e. The van der Waals surface area contributed by atoms with Gasteiger partial charge < -0.3 is 4.90 Å². The van der Waals surface area contributed by atoms with Gasteiger partial charge >= 0.3 is 0 Å². The molecule has 0 bridgehead atoms. The Kier molecular flexibility index (Phi) is 10.4. The number of nitrogens with zero attached hydrogens (tertiary/aromatic N) is 3. The number of aryl methyl sites for hydroxylation is 3. The first-order valence-electron chi connectivity index (χ1n) is 16.2. The minimum absolute atomic E-state index is 0.890. The summed E-state index contributed by atoms with van der Waals surface area (Å²) >= 11 is 0. The highest BCUT2D eigenvalue weighted by molar-refractivity contribution is 5.89. The average Bonchev–Trinajstić information content (AvgIpc) is 3.00. The Labute approximate surface area is 248 Å². The lowest BCUT2D eigenvalue weighted by Crippen LogP contribution is -2.15. The van der Waals surface area contributed by atoms with E-state index in [4.69, 9.17) is 9.97 Å². The van der Waals surface area contributed by atoms with Crippen molar-refractivity contribution in [1.82, 2.24) is 9.97 Å². The van der Waals surface area contributed by atoms with Crippen molar-refractivity contribution in [2.75, 3.05) is 19.0 Å². The van der Waals surface area contributed by atoms with Crippen molar-refractivity contribution in [2.24, 2.45) is 11.8 Å². The summed E-state index contributed by atoms with van der Waals surface area (Å²) in [6, 6.07) is 26.8. The molecule has 0 spiro atoms. The maximum atomic E-state index is 4.90. The van der Waals surface area contributed by atoms with E-state index in [2.05, 4.69) is 98.7 Å². The Balaban J connectivity index is 0.981. The van der Waals surface area contributed by atoms with E-state index in [-0.39, 0.29) is 0 Å². The maximum absolute atomic E-state index is 4.90. The quantitative estimate of drug-likeness (QED) is 0.156. The lowest BCUT2D eigenvalue weighted by molar-refractivity contribution is 0.246. The number of anilines is 1. The van der Waals surface area contributed by atoms with Crippen molar-refractivity contribution >= 4 is 16.7 Å². The molecule has 3 heteroatoms. The first kappa shape index (κ1) is 29.3. The van der Waals surface area contributed by atoms with Crippen LogP contribution in [0.5, 0.6) is 0 Å². The van der Waals surface area contributed by atoms with Crippen LogP contribution in [0.25, 0.3) is 22.0 Å². The summed E-state index contributed by atoms with van der Waals surface area (Å²) in [6.07, 6.45) is 16.8. The second kappa shape index (κ2) is 14.6. The zero-order chi connectivity index (χ0) is 28.4. The van der Waals surface area contributed by atoms with Crippen LogP contribution < -0.4 is 4.90 Å². The summed E-state index contributed by atoms with van der Waals surface area (Å²) in [7, 11) is 4.14. The minimum atomic E-state index is 0.890. The van der Waals surface area contributed by atoms with Gasteiger partial charge in [0.15, 0.2) is 0 Å². The van der Waals surface area contributed by atoms with Crippen molar-refractivity contribution in [1.29, 1.82) is 0 Å². The smallest absolute Gasteiger partial charge is 0.139 e. The van der Waals surface area contributed by atoms with E-state index in [1.54, 1.807) is 0 Å². The second-order valence-corrected chi connectivity index (χ2v) is 12.5. The van der Waals surface area contributed by atoms with E-state index < -0.39 is 0 Å². The van der Waals surface area contributed by atoms with Gasteiger partial charge in [0.25, 0.3) is 0 Å². The average molecular weight is 548 g/mol. The highest BCUT2D eigenvalue weighted by Crippen LogP contribution is 2.34. The number of hydrogen-bond donors (Lipinski definition) is 0. The molecule has 216 valence electrons. The number of para-hydroxylation sites is 1. The second-order valence-electron chi connectivity index (χ2n) is 12.5. The molecule has 5 rings (SSSR count). The predicted octanol–water partition coefficient (Wildman–Crippen LogP) is 9.86. The highest BCUT2D eigenvalue weighted by Gasteiger charge is 2.21. The van der Waals surface area contributed by atoms with Crippen molar-refractivity contribution in [2.45, 2.75) is 90.4 Å². The van der Waals surface area contributed by atoms with E-state index in [0.717, 1.165) is 40.8 Å². The van der Waals surface area contributed by atoms with Gasteiger partial charge in [-0.05, 0) is 71.9 Å². The molecule has 0 saturated heterocycles. The van der Waals surface area contributed by atoms with Crippen LogP contribution in [0.3, 0.4) is 0 Å². The zero-order valence-corrected chi connectivity index (χ0v) is 25.6. The van der Waals surface area contributed by atoms with Gasteiger partial charge in [-0.3, -0.25) is 0 Å². The first-order chi connectivity index (χ1) is 20.1. The molecule has 1 aromatic heterocycles. The lowest BCUT2D eigenvalue weighted by atomic mass is 9.78. The molecule has 4 aromatic rings. The topological polar surface area (TPSA) is 29.0 Å². The van der Waals surface area contributed by atoms with Gasteiger partial charge in [0.2, 0.25) is 0 Å². The third-order valence-electron chi connectivity index (χ3n) is 9.14. The molecular formula is C38H49N3. The summed E-state index contributed by atoms with van der Waals surface area (Å²) in [5.74, 6) is 3.87. The van der Waals surface area contributed by atoms with E-state index >= 15 is 0 Å². The Bertz CT molecular complexity index is 1350. The monoisotopic (exact) mass is 547 g/mol. The van der Waals surface area contributed by atoms with Gasteiger partial charge in [-0.15, -0.1) is 0 Å². The number of benzene rings is 3. The van der Waals surface area contributed by atoms with Gasteiger partial charge in [-0.25, -0.2) is 9.97 Å². The molecule has 0 N–H and O–H groups in total. The Hall–Kier alpha value is -3.20. The fourth-order valence-corrected chi connectivity index (χ4v) is 6.70. The number of unbranched alkanes of at least 4 members (excludes halogenated alkanes) is 1. The van der Waals surface area contributed by atoms with Crippen LogP contribution in [0.15, 0.2) is 72.8 Å². The fraction of sp³-hybridized carbons (Fsp3) is 0.474. The van der Waals surface area contributed by atoms with Crippen LogP contribution in [0, 0.1) is 11.8 Å². The van der Waals surface area contributed by atoms with Crippen LogP contribution in [-0.2, 0) is 19.3 Å². The van der Waals surface area contributed by atoms with E-state index in [1.807, 2.05) is 0 Å². The van der Waals surface area contributed by atoms with Crippen molar-refractivity contribution in [3.63, 3.8) is 0 Å². The van der Waals surface area contributed by atoms with Gasteiger partial charge in [-0.1, -0.05) is 119 Å². The summed E-state index contributed by atoms with van der Waals surface area (Å²) in [4.78, 5) is 11.9. The molecule has 0 aliphatic heterocycles. The molecule has 0 unspecified atom stereocenters. The molecule has 0 amide bonds. The molecule has 0 radical (unpaired) electrons. The standard InChI is InChI=1S/C38H49N3/c1-4-10-29-21-25-33(26-22-29)34-27-23-31(24-28-34)12-6-5-11-30-17-19-32(20-18-30)13-9-16-37-39-36-15-8-7-14-35(36)38(40-37)41(2)3/h7-8,14-15,21-28,30,32H,4-6,9-13,16-20H2,1-3H3. The van der Waals surface area contributed by atoms with Gasteiger partial charge in [0, 0.05) is 25.9 Å². The van der Waals surface area contributed by atoms with Gasteiger partial charge in [0.1, 0.15) is 11.6 Å². The lowest BCUT2D eigenvalue weighted by Gasteiger charge is -2.28. The Morgan fingerprint density at radius 2 is 1.22 bits per heavy atom. The van der Waals surface area contributed by atoms with Crippen molar-refractivity contribution < 1.29 is 0 Å². The summed E-state index contributed by atoms with van der Waals surface area (Å²) < 4.78 is 0. The fourth-order valence-electron chi connectivity index (χ4n) is 6.70. The molecule has 1 heterocycles. The van der Waals surface area contributed by atoms with Gasteiger partial charge in [-0.2, -0.15) is 0 Å². The molecule has 3 aromatic carbocycles. The molecule has 1 aliphatic carbocycles.